The predicted octanol–water partition coefficient (Wildman–Crippen LogP) is 1.51. The summed E-state index contributed by atoms with van der Waals surface area (Å²) in [6, 6.07) is 3.81. The first kappa shape index (κ1) is 14.5. The van der Waals surface area contributed by atoms with Crippen molar-refractivity contribution in [2.24, 2.45) is 0 Å². The second kappa shape index (κ2) is 5.63. The van der Waals surface area contributed by atoms with Crippen molar-refractivity contribution in [3.63, 3.8) is 0 Å². The molecule has 0 spiro atoms. The average Bonchev–Trinajstić information content (AvgIpc) is 2.80. The van der Waals surface area contributed by atoms with Gasteiger partial charge in [-0.3, -0.25) is 4.98 Å². The quantitative estimate of drug-likeness (QED) is 0.857. The number of nitrogen functional groups attached to an aromatic ring is 1. The number of anilines is 1. The van der Waals surface area contributed by atoms with Crippen LogP contribution in [0.25, 0.3) is 5.69 Å². The fraction of sp³-hybridized carbons (Fsp3) is 0.286. The topological polar surface area (TPSA) is 107 Å². The molecule has 7 heteroatoms. The van der Waals surface area contributed by atoms with Crippen molar-refractivity contribution < 1.29 is 9.53 Å². The third-order valence-electron chi connectivity index (χ3n) is 2.88. The Morgan fingerprint density at radius 2 is 2.24 bits per heavy atom. The Morgan fingerprint density at radius 1 is 1.52 bits per heavy atom. The third kappa shape index (κ3) is 2.69. The number of ether oxygens (including phenoxy) is 1. The molecule has 2 rings (SSSR count). The number of aromatic nitrogens is 3. The van der Waals surface area contributed by atoms with Crippen molar-refractivity contribution in [2.75, 3.05) is 12.3 Å². The highest BCUT2D eigenvalue weighted by molar-refractivity contribution is 5.92. The Bertz CT molecular complexity index is 743. The Kier molecular flexibility index (Phi) is 3.89. The maximum absolute atomic E-state index is 11.7. The molecule has 2 aromatic rings. The number of carbonyl (C=O) groups excluding carboxylic acids is 1. The molecule has 2 N–H and O–H groups in total. The molecule has 0 aromatic carbocycles. The van der Waals surface area contributed by atoms with Gasteiger partial charge in [0.1, 0.15) is 6.07 Å². The first-order valence-electron chi connectivity index (χ1n) is 6.38. The van der Waals surface area contributed by atoms with E-state index in [0.29, 0.717) is 16.9 Å². The molecule has 0 radical (unpaired) electrons. The van der Waals surface area contributed by atoms with Crippen molar-refractivity contribution in [3.05, 3.63) is 34.9 Å². The SMILES string of the molecule is CCOC(=O)c1nn(-c2cc(C)nc(C)c2C#N)cc1N. The van der Waals surface area contributed by atoms with E-state index in [1.165, 1.54) is 10.9 Å². The molecule has 0 aliphatic heterocycles. The number of pyridine rings is 1. The minimum atomic E-state index is -0.588. The lowest BCUT2D eigenvalue weighted by molar-refractivity contribution is 0.0520. The molecule has 0 saturated heterocycles. The van der Waals surface area contributed by atoms with E-state index in [-0.39, 0.29) is 18.0 Å². The molecule has 7 nitrogen and oxygen atoms in total. The number of esters is 1. The predicted molar refractivity (Wildman–Crippen MR) is 75.9 cm³/mol. The van der Waals surface area contributed by atoms with E-state index in [2.05, 4.69) is 16.2 Å². The van der Waals surface area contributed by atoms with Crippen molar-refractivity contribution in [2.45, 2.75) is 20.8 Å². The summed E-state index contributed by atoms with van der Waals surface area (Å²) in [6.07, 6.45) is 1.49. The number of nitriles is 1. The third-order valence-corrected chi connectivity index (χ3v) is 2.88. The molecule has 0 atom stereocenters. The fourth-order valence-corrected chi connectivity index (χ4v) is 2.00. The smallest absolute Gasteiger partial charge is 0.361 e. The van der Waals surface area contributed by atoms with Gasteiger partial charge >= 0.3 is 5.97 Å². The number of nitrogens with two attached hydrogens (primary N) is 1. The lowest BCUT2D eigenvalue weighted by Gasteiger charge is -2.07. The van der Waals surface area contributed by atoms with Gasteiger partial charge in [-0.15, -0.1) is 0 Å². The minimum absolute atomic E-state index is 0.0351. The molecule has 2 heterocycles. The van der Waals surface area contributed by atoms with E-state index in [1.54, 1.807) is 19.9 Å². The molecular weight excluding hydrogens is 270 g/mol. The van der Waals surface area contributed by atoms with Gasteiger partial charge in [-0.1, -0.05) is 0 Å². The normalized spacial score (nSPS) is 10.2. The standard InChI is InChI=1S/C14H15N5O2/c1-4-21-14(20)13-11(16)7-19(18-13)12-5-8(2)17-9(3)10(12)6-15/h5,7H,4,16H2,1-3H3. The number of hydrogen-bond acceptors (Lipinski definition) is 6. The highest BCUT2D eigenvalue weighted by atomic mass is 16.5. The van der Waals surface area contributed by atoms with Crippen LogP contribution in [0.3, 0.4) is 0 Å². The van der Waals surface area contributed by atoms with Crippen LogP contribution in [-0.2, 0) is 4.74 Å². The maximum atomic E-state index is 11.7. The summed E-state index contributed by atoms with van der Waals surface area (Å²) in [6.45, 7) is 5.50. The maximum Gasteiger partial charge on any atom is 0.361 e. The lowest BCUT2D eigenvalue weighted by atomic mass is 10.1. The second-order valence-corrected chi connectivity index (χ2v) is 4.45. The zero-order valence-corrected chi connectivity index (χ0v) is 12.0. The molecule has 0 fully saturated rings. The number of carbonyl (C=O) groups is 1. The summed E-state index contributed by atoms with van der Waals surface area (Å²) in [5.41, 5.74) is 8.29. The molecule has 0 unspecified atom stereocenters. The number of nitrogens with zero attached hydrogens (tertiary/aromatic N) is 4. The van der Waals surface area contributed by atoms with Crippen molar-refractivity contribution in [3.8, 4) is 11.8 Å². The van der Waals surface area contributed by atoms with Crippen LogP contribution in [0.5, 0.6) is 0 Å². The van der Waals surface area contributed by atoms with Gasteiger partial charge in [-0.05, 0) is 26.8 Å². The van der Waals surface area contributed by atoms with Crippen molar-refractivity contribution in [1.82, 2.24) is 14.8 Å². The Morgan fingerprint density at radius 3 is 2.86 bits per heavy atom. The van der Waals surface area contributed by atoms with Crippen LogP contribution >= 0.6 is 0 Å². The van der Waals surface area contributed by atoms with Gasteiger partial charge in [0, 0.05) is 5.69 Å². The first-order chi connectivity index (χ1) is 9.97. The molecule has 2 aromatic heterocycles. The summed E-state index contributed by atoms with van der Waals surface area (Å²) in [4.78, 5) is 16.0. The minimum Gasteiger partial charge on any atom is -0.461 e. The molecule has 0 saturated carbocycles. The van der Waals surface area contributed by atoms with E-state index < -0.39 is 5.97 Å². The average molecular weight is 285 g/mol. The largest absolute Gasteiger partial charge is 0.461 e. The van der Waals surface area contributed by atoms with Gasteiger partial charge in [0.25, 0.3) is 0 Å². The summed E-state index contributed by atoms with van der Waals surface area (Å²) in [7, 11) is 0. The Hall–Kier alpha value is -2.88. The molecule has 0 aliphatic carbocycles. The van der Waals surface area contributed by atoms with Gasteiger partial charge in [-0.25, -0.2) is 9.48 Å². The molecule has 108 valence electrons. The van der Waals surface area contributed by atoms with Crippen LogP contribution in [0.15, 0.2) is 12.3 Å². The number of rotatable bonds is 3. The zero-order valence-electron chi connectivity index (χ0n) is 12.0. The van der Waals surface area contributed by atoms with E-state index in [4.69, 9.17) is 10.5 Å². The molecular formula is C14H15N5O2. The van der Waals surface area contributed by atoms with Crippen LogP contribution in [0, 0.1) is 25.2 Å². The van der Waals surface area contributed by atoms with Gasteiger partial charge in [0.05, 0.1) is 35.4 Å². The van der Waals surface area contributed by atoms with Crippen LogP contribution in [0.2, 0.25) is 0 Å². The van der Waals surface area contributed by atoms with Crippen LogP contribution in [0.1, 0.15) is 34.4 Å². The van der Waals surface area contributed by atoms with E-state index in [0.717, 1.165) is 5.69 Å². The van der Waals surface area contributed by atoms with Gasteiger partial charge < -0.3 is 10.5 Å². The highest BCUT2D eigenvalue weighted by Crippen LogP contribution is 2.20. The first-order valence-corrected chi connectivity index (χ1v) is 6.38. The summed E-state index contributed by atoms with van der Waals surface area (Å²) in [5, 5.41) is 13.4. The summed E-state index contributed by atoms with van der Waals surface area (Å²) < 4.78 is 6.29. The Labute approximate surface area is 122 Å². The highest BCUT2D eigenvalue weighted by Gasteiger charge is 2.18. The summed E-state index contributed by atoms with van der Waals surface area (Å²) in [5.74, 6) is -0.588. The van der Waals surface area contributed by atoms with Gasteiger partial charge in [-0.2, -0.15) is 10.4 Å². The number of aryl methyl sites for hydroxylation is 2. The summed E-state index contributed by atoms with van der Waals surface area (Å²) >= 11 is 0. The van der Waals surface area contributed by atoms with E-state index >= 15 is 0 Å². The van der Waals surface area contributed by atoms with Crippen molar-refractivity contribution in [1.29, 1.82) is 5.26 Å². The molecule has 21 heavy (non-hydrogen) atoms. The van der Waals surface area contributed by atoms with Crippen LogP contribution < -0.4 is 5.73 Å². The number of hydrogen-bond donors (Lipinski definition) is 1. The van der Waals surface area contributed by atoms with Crippen LogP contribution in [-0.4, -0.2) is 27.3 Å². The van der Waals surface area contributed by atoms with Gasteiger partial charge in [0.2, 0.25) is 0 Å². The van der Waals surface area contributed by atoms with E-state index in [1.807, 2.05) is 6.92 Å². The zero-order chi connectivity index (χ0) is 15.6. The molecule has 0 aliphatic rings. The van der Waals surface area contributed by atoms with Crippen LogP contribution in [0.4, 0.5) is 5.69 Å². The van der Waals surface area contributed by atoms with Gasteiger partial charge in [0.15, 0.2) is 5.69 Å². The fourth-order valence-electron chi connectivity index (χ4n) is 2.00. The second-order valence-electron chi connectivity index (χ2n) is 4.45. The molecule has 0 amide bonds. The molecule has 0 bridgehead atoms. The lowest BCUT2D eigenvalue weighted by Crippen LogP contribution is -2.09. The Balaban J connectivity index is 2.57. The monoisotopic (exact) mass is 285 g/mol. The van der Waals surface area contributed by atoms with Crippen molar-refractivity contribution >= 4 is 11.7 Å². The van der Waals surface area contributed by atoms with E-state index in [9.17, 15) is 10.1 Å².